The van der Waals surface area contributed by atoms with E-state index in [9.17, 15) is 0 Å². The minimum atomic E-state index is -0.236. The Labute approximate surface area is 332 Å². The van der Waals surface area contributed by atoms with Crippen molar-refractivity contribution >= 4 is 49.8 Å². The van der Waals surface area contributed by atoms with Crippen molar-refractivity contribution in [2.75, 3.05) is 4.90 Å². The molecule has 2 heteroatoms. The fourth-order valence-electron chi connectivity index (χ4n) is 9.39. The Balaban J connectivity index is 1.16. The molecule has 1 aliphatic rings. The number of rotatable bonds is 6. The SMILES string of the molecule is CC1(C)c2cccc(-c3cccc4c3oc3ccccc34)c2-c2cc(N(c3ccc(-c4ccccc4)cc3)c3ccc(-c4ccccc4)cc3)c3ccccc3c21. The molecule has 57 heavy (non-hydrogen) atoms. The van der Waals surface area contributed by atoms with Crippen LogP contribution in [0, 0.1) is 0 Å². The second-order valence-corrected chi connectivity index (χ2v) is 15.7. The number of nitrogens with zero attached hydrogens (tertiary/aromatic N) is 1. The van der Waals surface area contributed by atoms with Crippen LogP contribution in [0.25, 0.3) is 77.2 Å². The number of hydrogen-bond acceptors (Lipinski definition) is 2. The average Bonchev–Trinajstić information content (AvgIpc) is 3.77. The predicted molar refractivity (Wildman–Crippen MR) is 240 cm³/mol. The molecule has 0 aliphatic heterocycles. The number of hydrogen-bond donors (Lipinski definition) is 0. The Morgan fingerprint density at radius 1 is 0.404 bits per heavy atom. The second-order valence-electron chi connectivity index (χ2n) is 15.7. The summed E-state index contributed by atoms with van der Waals surface area (Å²) in [6.45, 7) is 4.77. The standard InChI is InChI=1S/C55H39NO/c1-55(2)49-25-14-22-44(47-24-13-23-46-43-20-11-12-26-51(43)57-54(46)47)52(49)48-35-50(42-19-9-10-21-45(42)53(48)55)56(40-31-27-38(28-32-40)36-15-5-3-6-16-36)41-33-29-39(30-34-41)37-17-7-4-8-18-37/h3-35H,1-2H3. The van der Waals surface area contributed by atoms with Crippen molar-refractivity contribution in [3.63, 3.8) is 0 Å². The Hall–Kier alpha value is -7.16. The summed E-state index contributed by atoms with van der Waals surface area (Å²) in [4.78, 5) is 2.44. The molecule has 1 aromatic heterocycles. The van der Waals surface area contributed by atoms with Crippen LogP contribution in [0.1, 0.15) is 25.0 Å². The molecule has 0 bridgehead atoms. The van der Waals surface area contributed by atoms with Crippen molar-refractivity contribution in [3.05, 3.63) is 211 Å². The van der Waals surface area contributed by atoms with Gasteiger partial charge in [0.1, 0.15) is 11.2 Å². The van der Waals surface area contributed by atoms with E-state index in [-0.39, 0.29) is 5.41 Å². The van der Waals surface area contributed by atoms with Gasteiger partial charge in [0.2, 0.25) is 0 Å². The van der Waals surface area contributed by atoms with Crippen LogP contribution in [-0.4, -0.2) is 0 Å². The van der Waals surface area contributed by atoms with Crippen LogP contribution in [-0.2, 0) is 5.41 Å². The monoisotopic (exact) mass is 729 g/mol. The lowest BCUT2D eigenvalue weighted by Crippen LogP contribution is -2.16. The zero-order chi connectivity index (χ0) is 38.1. The Kier molecular flexibility index (Phi) is 7.55. The topological polar surface area (TPSA) is 16.4 Å². The lowest BCUT2D eigenvalue weighted by molar-refractivity contribution is 0.665. The average molecular weight is 730 g/mol. The van der Waals surface area contributed by atoms with Crippen molar-refractivity contribution in [1.82, 2.24) is 0 Å². The smallest absolute Gasteiger partial charge is 0.143 e. The summed E-state index contributed by atoms with van der Waals surface area (Å²) in [5.74, 6) is 0. The van der Waals surface area contributed by atoms with Crippen LogP contribution < -0.4 is 4.90 Å². The van der Waals surface area contributed by atoms with Gasteiger partial charge in [-0.15, -0.1) is 0 Å². The van der Waals surface area contributed by atoms with E-state index in [0.29, 0.717) is 0 Å². The van der Waals surface area contributed by atoms with Gasteiger partial charge >= 0.3 is 0 Å². The van der Waals surface area contributed by atoms with Crippen LogP contribution in [0.2, 0.25) is 0 Å². The third-order valence-electron chi connectivity index (χ3n) is 12.1. The first kappa shape index (κ1) is 33.2. The van der Waals surface area contributed by atoms with Crippen molar-refractivity contribution < 1.29 is 4.42 Å². The molecule has 2 nitrogen and oxygen atoms in total. The van der Waals surface area contributed by atoms with E-state index in [1.165, 1.54) is 60.8 Å². The molecule has 0 saturated carbocycles. The highest BCUT2D eigenvalue weighted by molar-refractivity contribution is 6.13. The maximum atomic E-state index is 6.66. The molecule has 10 aromatic rings. The molecule has 11 rings (SSSR count). The molecule has 1 heterocycles. The van der Waals surface area contributed by atoms with Gasteiger partial charge in [0.05, 0.1) is 5.69 Å². The van der Waals surface area contributed by atoms with Gasteiger partial charge in [-0.3, -0.25) is 0 Å². The normalized spacial score (nSPS) is 12.9. The summed E-state index contributed by atoms with van der Waals surface area (Å²) in [7, 11) is 0. The zero-order valence-electron chi connectivity index (χ0n) is 31.9. The summed E-state index contributed by atoms with van der Waals surface area (Å²) in [5.41, 5.74) is 17.3. The first-order valence-corrected chi connectivity index (χ1v) is 19.8. The number of anilines is 3. The maximum Gasteiger partial charge on any atom is 0.143 e. The summed E-state index contributed by atoms with van der Waals surface area (Å²) in [6.07, 6.45) is 0. The minimum Gasteiger partial charge on any atom is -0.455 e. The minimum absolute atomic E-state index is 0.236. The number of benzene rings is 9. The van der Waals surface area contributed by atoms with E-state index in [2.05, 4.69) is 213 Å². The van der Waals surface area contributed by atoms with E-state index in [4.69, 9.17) is 4.42 Å². The zero-order valence-corrected chi connectivity index (χ0v) is 31.9. The molecule has 270 valence electrons. The second kappa shape index (κ2) is 13.0. The fraction of sp³-hybridized carbons (Fsp3) is 0.0545. The summed E-state index contributed by atoms with van der Waals surface area (Å²) in [6, 6.07) is 72.5. The van der Waals surface area contributed by atoms with Crippen LogP contribution in [0.4, 0.5) is 17.1 Å². The third kappa shape index (κ3) is 5.25. The van der Waals surface area contributed by atoms with Crippen LogP contribution >= 0.6 is 0 Å². The third-order valence-corrected chi connectivity index (χ3v) is 12.1. The molecule has 0 fully saturated rings. The molecular formula is C55H39NO. The highest BCUT2D eigenvalue weighted by Crippen LogP contribution is 2.57. The fourth-order valence-corrected chi connectivity index (χ4v) is 9.39. The van der Waals surface area contributed by atoms with E-state index in [1.54, 1.807) is 0 Å². The van der Waals surface area contributed by atoms with Gasteiger partial charge in [-0.25, -0.2) is 0 Å². The van der Waals surface area contributed by atoms with Gasteiger partial charge in [0.25, 0.3) is 0 Å². The Morgan fingerprint density at radius 3 is 1.56 bits per heavy atom. The van der Waals surface area contributed by atoms with Crippen molar-refractivity contribution in [2.24, 2.45) is 0 Å². The van der Waals surface area contributed by atoms with E-state index < -0.39 is 0 Å². The molecule has 9 aromatic carbocycles. The van der Waals surface area contributed by atoms with Gasteiger partial charge in [-0.1, -0.05) is 178 Å². The van der Waals surface area contributed by atoms with Gasteiger partial charge in [0, 0.05) is 38.5 Å². The molecule has 0 N–H and O–H groups in total. The molecule has 0 saturated heterocycles. The summed E-state index contributed by atoms with van der Waals surface area (Å²) in [5, 5.41) is 4.77. The quantitative estimate of drug-likeness (QED) is 0.169. The molecule has 0 spiro atoms. The van der Waals surface area contributed by atoms with Crippen LogP contribution in [0.5, 0.6) is 0 Å². The van der Waals surface area contributed by atoms with Gasteiger partial charge in [-0.2, -0.15) is 0 Å². The highest BCUT2D eigenvalue weighted by atomic mass is 16.3. The Morgan fingerprint density at radius 2 is 0.912 bits per heavy atom. The highest BCUT2D eigenvalue weighted by Gasteiger charge is 2.40. The number of para-hydroxylation sites is 2. The van der Waals surface area contributed by atoms with Crippen LogP contribution in [0.3, 0.4) is 0 Å². The Bertz CT molecular complexity index is 3040. The molecule has 0 unspecified atom stereocenters. The van der Waals surface area contributed by atoms with Gasteiger partial charge in [-0.05, 0) is 91.9 Å². The number of furan rings is 1. The summed E-state index contributed by atoms with van der Waals surface area (Å²) >= 11 is 0. The van der Waals surface area contributed by atoms with Crippen molar-refractivity contribution in [3.8, 4) is 44.5 Å². The van der Waals surface area contributed by atoms with Crippen molar-refractivity contribution in [1.29, 1.82) is 0 Å². The lowest BCUT2D eigenvalue weighted by atomic mass is 9.79. The van der Waals surface area contributed by atoms with Crippen molar-refractivity contribution in [2.45, 2.75) is 19.3 Å². The van der Waals surface area contributed by atoms with E-state index in [0.717, 1.165) is 44.6 Å². The maximum absolute atomic E-state index is 6.66. The molecule has 0 radical (unpaired) electrons. The number of fused-ring (bicyclic) bond motifs is 8. The molecule has 0 amide bonds. The first-order chi connectivity index (χ1) is 28.0. The summed E-state index contributed by atoms with van der Waals surface area (Å²) < 4.78 is 6.66. The lowest BCUT2D eigenvalue weighted by Gasteiger charge is -2.30. The largest absolute Gasteiger partial charge is 0.455 e. The first-order valence-electron chi connectivity index (χ1n) is 19.8. The molecule has 1 aliphatic carbocycles. The van der Waals surface area contributed by atoms with E-state index in [1.807, 2.05) is 6.07 Å². The molecule has 0 atom stereocenters. The van der Waals surface area contributed by atoms with Gasteiger partial charge < -0.3 is 9.32 Å². The van der Waals surface area contributed by atoms with Crippen LogP contribution in [0.15, 0.2) is 205 Å². The van der Waals surface area contributed by atoms with E-state index >= 15 is 0 Å². The predicted octanol–water partition coefficient (Wildman–Crippen LogP) is 15.5. The van der Waals surface area contributed by atoms with Gasteiger partial charge in [0.15, 0.2) is 0 Å². The molecular weight excluding hydrogens is 691 g/mol.